The van der Waals surface area contributed by atoms with Gasteiger partial charge in [-0.05, 0) is 26.4 Å². The Morgan fingerprint density at radius 3 is 1.90 bits per heavy atom. The second kappa shape index (κ2) is 13.2. The summed E-state index contributed by atoms with van der Waals surface area (Å²) >= 11 is 8.55. The maximum Gasteiger partial charge on any atom is 0.343 e. The zero-order valence-corrected chi connectivity index (χ0v) is 19.1. The summed E-state index contributed by atoms with van der Waals surface area (Å²) in [6.45, 7) is 4.13. The van der Waals surface area contributed by atoms with Gasteiger partial charge in [-0.2, -0.15) is 0 Å². The predicted octanol–water partition coefficient (Wildman–Crippen LogP) is 3.45. The van der Waals surface area contributed by atoms with Gasteiger partial charge in [0.05, 0.1) is 13.2 Å². The number of carbonyl (C=O) groups is 2. The standard InChI is InChI=1S/C9H13N3O2S.C8H9ClN2O2S/c1-4-14-8(13)6-5-11-9(15-3)12-7(6)10-2;1-3-13-7(12)5-4-10-8(14-2)11-6(5)9/h5H,4H2,1-3H3,(H,10,11,12);4H,3H2,1-2H3. The lowest BCUT2D eigenvalue weighted by molar-refractivity contribution is 0.0516. The Labute approximate surface area is 182 Å². The van der Waals surface area contributed by atoms with Crippen molar-refractivity contribution in [3.8, 4) is 0 Å². The van der Waals surface area contributed by atoms with E-state index in [1.807, 2.05) is 12.5 Å². The summed E-state index contributed by atoms with van der Waals surface area (Å²) in [5.74, 6) is -0.410. The Kier molecular flexibility index (Phi) is 11.3. The van der Waals surface area contributed by atoms with Gasteiger partial charge in [-0.15, -0.1) is 0 Å². The molecule has 0 radical (unpaired) electrons. The van der Waals surface area contributed by atoms with Gasteiger partial charge in [-0.25, -0.2) is 29.5 Å². The largest absolute Gasteiger partial charge is 0.462 e. The van der Waals surface area contributed by atoms with Gasteiger partial charge in [-0.3, -0.25) is 0 Å². The monoisotopic (exact) mass is 459 g/mol. The molecule has 1 N–H and O–H groups in total. The molecule has 0 fully saturated rings. The number of nitrogens with one attached hydrogen (secondary N) is 1. The third kappa shape index (κ3) is 7.67. The predicted molar refractivity (Wildman–Crippen MR) is 114 cm³/mol. The molecule has 2 heterocycles. The van der Waals surface area contributed by atoms with Crippen LogP contribution < -0.4 is 5.32 Å². The van der Waals surface area contributed by atoms with E-state index < -0.39 is 11.9 Å². The molecule has 0 aliphatic heterocycles. The molecular formula is C17H22ClN5O4S2. The Hall–Kier alpha value is -2.11. The van der Waals surface area contributed by atoms with Crippen LogP contribution in [0.1, 0.15) is 34.6 Å². The maximum absolute atomic E-state index is 11.5. The third-order valence-electron chi connectivity index (χ3n) is 3.08. The van der Waals surface area contributed by atoms with Crippen LogP contribution in [0.5, 0.6) is 0 Å². The van der Waals surface area contributed by atoms with Crippen LogP contribution in [0.3, 0.4) is 0 Å². The van der Waals surface area contributed by atoms with E-state index in [9.17, 15) is 9.59 Å². The lowest BCUT2D eigenvalue weighted by Crippen LogP contribution is -2.10. The number of hydrogen-bond donors (Lipinski definition) is 1. The topological polar surface area (TPSA) is 116 Å². The second-order valence-electron chi connectivity index (χ2n) is 4.87. The molecule has 0 spiro atoms. The number of esters is 2. The number of carbonyl (C=O) groups excluding carboxylic acids is 2. The average molecular weight is 460 g/mol. The summed E-state index contributed by atoms with van der Waals surface area (Å²) < 4.78 is 9.65. The van der Waals surface area contributed by atoms with Crippen LogP contribution in [0, 0.1) is 0 Å². The van der Waals surface area contributed by atoms with E-state index in [0.717, 1.165) is 0 Å². The van der Waals surface area contributed by atoms with E-state index in [1.165, 1.54) is 35.9 Å². The highest BCUT2D eigenvalue weighted by Gasteiger charge is 2.15. The van der Waals surface area contributed by atoms with Crippen LogP contribution >= 0.6 is 35.1 Å². The van der Waals surface area contributed by atoms with Crippen molar-refractivity contribution in [1.29, 1.82) is 0 Å². The first kappa shape index (κ1) is 24.9. The SMILES string of the molecule is CCOC(=O)c1cnc(SC)nc1Cl.CCOC(=O)c1cnc(SC)nc1NC. The number of hydrogen-bond acceptors (Lipinski definition) is 11. The average Bonchev–Trinajstić information content (AvgIpc) is 2.73. The highest BCUT2D eigenvalue weighted by molar-refractivity contribution is 7.98. The minimum Gasteiger partial charge on any atom is -0.462 e. The van der Waals surface area contributed by atoms with Gasteiger partial charge in [0.15, 0.2) is 10.3 Å². The van der Waals surface area contributed by atoms with Crippen LogP contribution in [0.25, 0.3) is 0 Å². The van der Waals surface area contributed by atoms with E-state index in [2.05, 4.69) is 25.3 Å². The second-order valence-corrected chi connectivity index (χ2v) is 6.78. The maximum atomic E-state index is 11.5. The molecule has 12 heteroatoms. The van der Waals surface area contributed by atoms with Crippen molar-refractivity contribution < 1.29 is 19.1 Å². The van der Waals surface area contributed by atoms with Gasteiger partial charge in [0.1, 0.15) is 22.1 Å². The van der Waals surface area contributed by atoms with Crippen LogP contribution in [0.15, 0.2) is 22.7 Å². The molecule has 0 saturated heterocycles. The highest BCUT2D eigenvalue weighted by Crippen LogP contribution is 2.18. The van der Waals surface area contributed by atoms with Gasteiger partial charge >= 0.3 is 11.9 Å². The van der Waals surface area contributed by atoms with Gasteiger partial charge < -0.3 is 14.8 Å². The molecule has 0 saturated carbocycles. The molecule has 0 aliphatic carbocycles. The molecule has 2 aromatic rings. The fraction of sp³-hybridized carbons (Fsp3) is 0.412. The number of anilines is 1. The van der Waals surface area contributed by atoms with Gasteiger partial charge in [0.25, 0.3) is 0 Å². The number of nitrogens with zero attached hydrogens (tertiary/aromatic N) is 4. The van der Waals surface area contributed by atoms with Crippen LogP contribution in [-0.2, 0) is 9.47 Å². The minimum absolute atomic E-state index is 0.128. The lowest BCUT2D eigenvalue weighted by Gasteiger charge is -2.07. The van der Waals surface area contributed by atoms with Gasteiger partial charge in [0.2, 0.25) is 0 Å². The molecule has 0 unspecified atom stereocenters. The third-order valence-corrected chi connectivity index (χ3v) is 4.49. The Morgan fingerprint density at radius 1 is 0.966 bits per heavy atom. The molecule has 2 aromatic heterocycles. The highest BCUT2D eigenvalue weighted by atomic mass is 35.5. The first-order chi connectivity index (χ1) is 13.9. The molecule has 0 aromatic carbocycles. The molecule has 158 valence electrons. The van der Waals surface area contributed by atoms with E-state index in [1.54, 1.807) is 20.9 Å². The van der Waals surface area contributed by atoms with Crippen molar-refractivity contribution in [2.24, 2.45) is 0 Å². The summed E-state index contributed by atoms with van der Waals surface area (Å²) in [5.41, 5.74) is 0.559. The van der Waals surface area contributed by atoms with E-state index in [4.69, 9.17) is 21.1 Å². The van der Waals surface area contributed by atoms with Gasteiger partial charge in [0, 0.05) is 19.4 Å². The first-order valence-electron chi connectivity index (χ1n) is 8.41. The fourth-order valence-corrected chi connectivity index (χ4v) is 2.74. The molecule has 9 nitrogen and oxygen atoms in total. The summed E-state index contributed by atoms with van der Waals surface area (Å²) in [6, 6.07) is 0. The summed E-state index contributed by atoms with van der Waals surface area (Å²) in [5, 5.41) is 4.12. The van der Waals surface area contributed by atoms with Crippen molar-refractivity contribution >= 4 is 52.9 Å². The molecule has 0 amide bonds. The Balaban J connectivity index is 0.000000291. The molecule has 0 aliphatic rings. The number of aromatic nitrogens is 4. The molecule has 0 bridgehead atoms. The van der Waals surface area contributed by atoms with E-state index >= 15 is 0 Å². The number of rotatable bonds is 7. The fourth-order valence-electron chi connectivity index (χ4n) is 1.80. The van der Waals surface area contributed by atoms with Crippen molar-refractivity contribution in [3.63, 3.8) is 0 Å². The Morgan fingerprint density at radius 2 is 1.45 bits per heavy atom. The summed E-state index contributed by atoms with van der Waals surface area (Å²) in [4.78, 5) is 38.8. The van der Waals surface area contributed by atoms with E-state index in [0.29, 0.717) is 34.9 Å². The van der Waals surface area contributed by atoms with Gasteiger partial charge in [-0.1, -0.05) is 35.1 Å². The number of ether oxygens (including phenoxy) is 2. The summed E-state index contributed by atoms with van der Waals surface area (Å²) in [6.07, 6.45) is 6.55. The zero-order valence-electron chi connectivity index (χ0n) is 16.7. The quantitative estimate of drug-likeness (QED) is 0.284. The first-order valence-corrected chi connectivity index (χ1v) is 11.2. The number of halogens is 1. The lowest BCUT2D eigenvalue weighted by atomic mass is 10.3. The minimum atomic E-state index is -0.495. The zero-order chi connectivity index (χ0) is 21.8. The summed E-state index contributed by atoms with van der Waals surface area (Å²) in [7, 11) is 1.70. The normalized spacial score (nSPS) is 9.86. The molecule has 0 atom stereocenters. The van der Waals surface area contributed by atoms with Crippen molar-refractivity contribution in [2.75, 3.05) is 38.1 Å². The number of thioether (sulfide) groups is 2. The van der Waals surface area contributed by atoms with Crippen molar-refractivity contribution in [2.45, 2.75) is 24.2 Å². The molecule has 29 heavy (non-hydrogen) atoms. The van der Waals surface area contributed by atoms with Crippen molar-refractivity contribution in [3.05, 3.63) is 28.7 Å². The van der Waals surface area contributed by atoms with Crippen molar-refractivity contribution in [1.82, 2.24) is 19.9 Å². The van der Waals surface area contributed by atoms with Crippen LogP contribution in [0.4, 0.5) is 5.82 Å². The molecular weight excluding hydrogens is 438 g/mol. The molecule has 2 rings (SSSR count). The van der Waals surface area contributed by atoms with E-state index in [-0.39, 0.29) is 10.7 Å². The van der Waals surface area contributed by atoms with Crippen LogP contribution in [0.2, 0.25) is 5.15 Å². The smallest absolute Gasteiger partial charge is 0.343 e. The Bertz CT molecular complexity index is 841. The van der Waals surface area contributed by atoms with Crippen LogP contribution in [-0.4, -0.2) is 64.6 Å².